The SMILES string of the molecule is COc1ccc(OC)c(CN2CCc3nc(-c4ccc(C(=O)N5CCCCC5)cc4)n(C)c3C2)c1. The predicted molar refractivity (Wildman–Crippen MR) is 136 cm³/mol. The first-order chi connectivity index (χ1) is 17.1. The number of hydrogen-bond donors (Lipinski definition) is 0. The van der Waals surface area contributed by atoms with Gasteiger partial charge in [-0.05, 0) is 49.6 Å². The Hall–Kier alpha value is -3.32. The Morgan fingerprint density at radius 3 is 2.46 bits per heavy atom. The Kier molecular flexibility index (Phi) is 6.77. The van der Waals surface area contributed by atoms with E-state index in [1.807, 2.05) is 41.3 Å². The Morgan fingerprint density at radius 2 is 1.74 bits per heavy atom. The molecule has 3 aromatic rings. The van der Waals surface area contributed by atoms with Gasteiger partial charge in [-0.15, -0.1) is 0 Å². The lowest BCUT2D eigenvalue weighted by atomic mass is 10.1. The van der Waals surface area contributed by atoms with Gasteiger partial charge in [0.05, 0.1) is 25.6 Å². The van der Waals surface area contributed by atoms with Gasteiger partial charge in [-0.3, -0.25) is 9.69 Å². The maximum atomic E-state index is 12.8. The molecule has 7 heteroatoms. The molecule has 0 atom stereocenters. The van der Waals surface area contributed by atoms with E-state index < -0.39 is 0 Å². The number of hydrogen-bond acceptors (Lipinski definition) is 5. The highest BCUT2D eigenvalue weighted by atomic mass is 16.5. The van der Waals surface area contributed by atoms with Crippen LogP contribution in [0.4, 0.5) is 0 Å². The topological polar surface area (TPSA) is 59.8 Å². The summed E-state index contributed by atoms with van der Waals surface area (Å²) < 4.78 is 13.2. The molecular formula is C28H34N4O3. The van der Waals surface area contributed by atoms with Crippen LogP contribution in [-0.4, -0.2) is 59.1 Å². The molecule has 0 radical (unpaired) electrons. The van der Waals surface area contributed by atoms with Crippen molar-refractivity contribution < 1.29 is 14.3 Å². The van der Waals surface area contributed by atoms with Gasteiger partial charge >= 0.3 is 0 Å². The average Bonchev–Trinajstić information content (AvgIpc) is 3.24. The van der Waals surface area contributed by atoms with Gasteiger partial charge in [0.15, 0.2) is 0 Å². The number of imidazole rings is 1. The van der Waals surface area contributed by atoms with E-state index in [9.17, 15) is 4.79 Å². The molecule has 0 N–H and O–H groups in total. The Balaban J connectivity index is 1.32. The number of benzene rings is 2. The number of fused-ring (bicyclic) bond motifs is 1. The van der Waals surface area contributed by atoms with Crippen molar-refractivity contribution in [2.24, 2.45) is 7.05 Å². The number of carbonyl (C=O) groups is 1. The molecule has 3 heterocycles. The lowest BCUT2D eigenvalue weighted by Gasteiger charge is -2.27. The standard InChI is InChI=1S/C28H34N4O3/c1-30-25-19-31(18-22-17-23(34-2)11-12-26(22)35-3)16-13-24(25)29-27(30)20-7-9-21(10-8-20)28(33)32-14-5-4-6-15-32/h7-12,17H,4-6,13-16,18-19H2,1-3H3. The summed E-state index contributed by atoms with van der Waals surface area (Å²) >= 11 is 0. The van der Waals surface area contributed by atoms with Crippen LogP contribution in [-0.2, 0) is 26.6 Å². The highest BCUT2D eigenvalue weighted by Crippen LogP contribution is 2.30. The summed E-state index contributed by atoms with van der Waals surface area (Å²) in [6.07, 6.45) is 4.33. The van der Waals surface area contributed by atoms with Gasteiger partial charge in [-0.1, -0.05) is 12.1 Å². The van der Waals surface area contributed by atoms with Crippen LogP contribution in [0.3, 0.4) is 0 Å². The van der Waals surface area contributed by atoms with Crippen LogP contribution in [0.15, 0.2) is 42.5 Å². The van der Waals surface area contributed by atoms with Gasteiger partial charge < -0.3 is 18.9 Å². The minimum Gasteiger partial charge on any atom is -0.497 e. The lowest BCUT2D eigenvalue weighted by molar-refractivity contribution is 0.0724. The third kappa shape index (κ3) is 4.78. The molecule has 0 aliphatic carbocycles. The van der Waals surface area contributed by atoms with Crippen LogP contribution in [0, 0.1) is 0 Å². The summed E-state index contributed by atoms with van der Waals surface area (Å²) in [5, 5.41) is 0. The van der Waals surface area contributed by atoms with E-state index in [-0.39, 0.29) is 5.91 Å². The average molecular weight is 475 g/mol. The first-order valence-corrected chi connectivity index (χ1v) is 12.4. The fourth-order valence-electron chi connectivity index (χ4n) is 5.22. The molecule has 1 saturated heterocycles. The quantitative estimate of drug-likeness (QED) is 0.534. The van der Waals surface area contributed by atoms with Crippen molar-refractivity contribution in [1.29, 1.82) is 0 Å². The monoisotopic (exact) mass is 474 g/mol. The first-order valence-electron chi connectivity index (χ1n) is 12.4. The molecule has 0 unspecified atom stereocenters. The molecule has 5 rings (SSSR count). The number of carbonyl (C=O) groups excluding carboxylic acids is 1. The van der Waals surface area contributed by atoms with Crippen molar-refractivity contribution in [1.82, 2.24) is 19.4 Å². The van der Waals surface area contributed by atoms with Gasteiger partial charge in [0.25, 0.3) is 5.91 Å². The molecule has 0 bridgehead atoms. The van der Waals surface area contributed by atoms with E-state index in [1.165, 1.54) is 12.1 Å². The zero-order chi connectivity index (χ0) is 24.4. The lowest BCUT2D eigenvalue weighted by Crippen LogP contribution is -2.35. The minimum absolute atomic E-state index is 0.138. The van der Waals surface area contributed by atoms with Crippen molar-refractivity contribution >= 4 is 5.91 Å². The smallest absolute Gasteiger partial charge is 0.253 e. The molecule has 2 aromatic carbocycles. The Bertz CT molecular complexity index is 1200. The summed E-state index contributed by atoms with van der Waals surface area (Å²) in [5.41, 5.74) is 5.31. The van der Waals surface area contributed by atoms with E-state index in [1.54, 1.807) is 14.2 Å². The molecule has 2 aliphatic heterocycles. The van der Waals surface area contributed by atoms with Crippen LogP contribution in [0.25, 0.3) is 11.4 Å². The minimum atomic E-state index is 0.138. The molecule has 35 heavy (non-hydrogen) atoms. The second-order valence-corrected chi connectivity index (χ2v) is 9.46. The molecule has 0 spiro atoms. The largest absolute Gasteiger partial charge is 0.497 e. The summed E-state index contributed by atoms with van der Waals surface area (Å²) in [5.74, 6) is 2.80. The number of methoxy groups -OCH3 is 2. The van der Waals surface area contributed by atoms with Gasteiger partial charge in [0.2, 0.25) is 0 Å². The maximum absolute atomic E-state index is 12.8. The molecule has 0 saturated carbocycles. The second kappa shape index (κ2) is 10.1. The van der Waals surface area contributed by atoms with E-state index in [2.05, 4.69) is 22.6 Å². The van der Waals surface area contributed by atoms with Gasteiger partial charge in [-0.2, -0.15) is 0 Å². The van der Waals surface area contributed by atoms with Crippen molar-refractivity contribution in [3.63, 3.8) is 0 Å². The van der Waals surface area contributed by atoms with Gasteiger partial charge in [0.1, 0.15) is 17.3 Å². The van der Waals surface area contributed by atoms with Gasteiger partial charge in [-0.25, -0.2) is 4.98 Å². The summed E-state index contributed by atoms with van der Waals surface area (Å²) in [6.45, 7) is 4.28. The molecule has 1 fully saturated rings. The van der Waals surface area contributed by atoms with E-state index >= 15 is 0 Å². The van der Waals surface area contributed by atoms with Crippen LogP contribution >= 0.6 is 0 Å². The summed E-state index contributed by atoms with van der Waals surface area (Å²) in [7, 11) is 5.48. The molecular weight excluding hydrogens is 440 g/mol. The van der Waals surface area contributed by atoms with Crippen molar-refractivity contribution in [3.8, 4) is 22.9 Å². The Morgan fingerprint density at radius 1 is 0.971 bits per heavy atom. The van der Waals surface area contributed by atoms with E-state index in [0.29, 0.717) is 0 Å². The van der Waals surface area contributed by atoms with E-state index in [4.69, 9.17) is 14.5 Å². The normalized spacial score (nSPS) is 16.1. The second-order valence-electron chi connectivity index (χ2n) is 9.46. The third-order valence-corrected chi connectivity index (χ3v) is 7.25. The van der Waals surface area contributed by atoms with E-state index in [0.717, 1.165) is 91.7 Å². The maximum Gasteiger partial charge on any atom is 0.253 e. The number of aromatic nitrogens is 2. The molecule has 2 aliphatic rings. The zero-order valence-electron chi connectivity index (χ0n) is 20.9. The number of ether oxygens (including phenoxy) is 2. The molecule has 7 nitrogen and oxygen atoms in total. The molecule has 1 amide bonds. The van der Waals surface area contributed by atoms with Crippen LogP contribution in [0.2, 0.25) is 0 Å². The number of nitrogens with zero attached hydrogens (tertiary/aromatic N) is 4. The van der Waals surface area contributed by atoms with Crippen LogP contribution in [0.5, 0.6) is 11.5 Å². The number of rotatable bonds is 6. The number of piperidine rings is 1. The van der Waals surface area contributed by atoms with Crippen molar-refractivity contribution in [3.05, 3.63) is 65.0 Å². The predicted octanol–water partition coefficient (Wildman–Crippen LogP) is 4.29. The van der Waals surface area contributed by atoms with Crippen LogP contribution < -0.4 is 9.47 Å². The molecule has 184 valence electrons. The fourth-order valence-corrected chi connectivity index (χ4v) is 5.22. The summed E-state index contributed by atoms with van der Waals surface area (Å²) in [4.78, 5) is 22.2. The number of amides is 1. The Labute approximate surface area is 207 Å². The first kappa shape index (κ1) is 23.4. The van der Waals surface area contributed by atoms with Crippen molar-refractivity contribution in [2.45, 2.75) is 38.8 Å². The molecule has 1 aromatic heterocycles. The zero-order valence-corrected chi connectivity index (χ0v) is 20.9. The van der Waals surface area contributed by atoms with Crippen molar-refractivity contribution in [2.75, 3.05) is 33.9 Å². The van der Waals surface area contributed by atoms with Gasteiger partial charge in [0, 0.05) is 62.9 Å². The highest BCUT2D eigenvalue weighted by Gasteiger charge is 2.25. The number of likely N-dealkylation sites (tertiary alicyclic amines) is 1. The fraction of sp³-hybridized carbons (Fsp3) is 0.429. The summed E-state index contributed by atoms with van der Waals surface area (Å²) in [6, 6.07) is 13.9. The third-order valence-electron chi connectivity index (χ3n) is 7.25. The van der Waals surface area contributed by atoms with Crippen LogP contribution in [0.1, 0.15) is 46.6 Å². The highest BCUT2D eigenvalue weighted by molar-refractivity contribution is 5.94.